The number of aromatic nitrogens is 2. The van der Waals surface area contributed by atoms with Gasteiger partial charge >= 0.3 is 0 Å². The Bertz CT molecular complexity index is 1340. The molecule has 2 N–H and O–H groups in total. The Morgan fingerprint density at radius 3 is 2.23 bits per heavy atom. The molecule has 11 nitrogen and oxygen atoms in total. The fourth-order valence-corrected chi connectivity index (χ4v) is 5.93. The fourth-order valence-electron chi connectivity index (χ4n) is 5.93. The van der Waals surface area contributed by atoms with Crippen LogP contribution in [0.15, 0.2) is 41.5 Å². The third-order valence-corrected chi connectivity index (χ3v) is 8.73. The second-order valence-electron chi connectivity index (χ2n) is 12.3. The van der Waals surface area contributed by atoms with E-state index in [1.165, 1.54) is 0 Å². The van der Waals surface area contributed by atoms with E-state index in [4.69, 9.17) is 0 Å². The predicted octanol–water partition coefficient (Wildman–Crippen LogP) is 4.04. The van der Waals surface area contributed by atoms with Crippen molar-refractivity contribution < 1.29 is 19.2 Å². The van der Waals surface area contributed by atoms with Crippen molar-refractivity contribution in [3.63, 3.8) is 0 Å². The first kappa shape index (κ1) is 33.0. The summed E-state index contributed by atoms with van der Waals surface area (Å²) >= 11 is 0. The second-order valence-corrected chi connectivity index (χ2v) is 12.3. The molecule has 1 saturated carbocycles. The number of benzene rings is 1. The van der Waals surface area contributed by atoms with Crippen LogP contribution in [0.25, 0.3) is 0 Å². The molecule has 1 aromatic carbocycles. The smallest absolute Gasteiger partial charge is 0.270 e. The number of piperazine rings is 1. The maximum atomic E-state index is 13.6. The Morgan fingerprint density at radius 1 is 0.955 bits per heavy atom. The zero-order valence-electron chi connectivity index (χ0n) is 26.7. The van der Waals surface area contributed by atoms with Crippen molar-refractivity contribution >= 4 is 35.0 Å². The Labute approximate surface area is 260 Å². The second kappa shape index (κ2) is 15.2. The highest BCUT2D eigenvalue weighted by atomic mass is 16.2. The SMILES string of the molecule is CCC(=O)N=C(C(=O)N1CCN(C)CC1)[C@@H](C)c1ccc(NC(=O)[C@@H](NC(=O)c2ccnn2C(C)C)C2CCCCC2)cc1. The van der Waals surface area contributed by atoms with Gasteiger partial charge in [-0.2, -0.15) is 5.10 Å². The highest BCUT2D eigenvalue weighted by molar-refractivity contribution is 6.42. The summed E-state index contributed by atoms with van der Waals surface area (Å²) in [5, 5.41) is 10.3. The Balaban J connectivity index is 1.49. The Morgan fingerprint density at radius 2 is 1.61 bits per heavy atom. The van der Waals surface area contributed by atoms with Gasteiger partial charge < -0.3 is 20.4 Å². The summed E-state index contributed by atoms with van der Waals surface area (Å²) in [5.41, 5.74) is 2.06. The number of aliphatic imine (C=N–C) groups is 1. The van der Waals surface area contributed by atoms with E-state index in [0.29, 0.717) is 24.5 Å². The van der Waals surface area contributed by atoms with E-state index in [1.54, 1.807) is 40.9 Å². The number of hydrogen-bond acceptors (Lipinski definition) is 6. The van der Waals surface area contributed by atoms with Crippen molar-refractivity contribution in [3.05, 3.63) is 47.8 Å². The quantitative estimate of drug-likeness (QED) is 0.394. The number of nitrogens with one attached hydrogen (secondary N) is 2. The highest BCUT2D eigenvalue weighted by Gasteiger charge is 2.33. The minimum absolute atomic E-state index is 0.0103. The Kier molecular flexibility index (Phi) is 11.4. The number of carbonyl (C=O) groups is 4. The maximum Gasteiger partial charge on any atom is 0.270 e. The standard InChI is InChI=1S/C33H47N7O4/c1-6-28(41)36-29(33(44)39-20-18-38(5)19-21-39)23(4)24-12-14-26(15-13-24)35-32(43)30(25-10-8-7-9-11-25)37-31(42)27-16-17-34-40(27)22(2)3/h12-17,22-23,25,30H,6-11,18-21H2,1-5H3,(H,35,43)(H,37,42)/t23-,30-/m0/s1. The number of hydrogen-bond donors (Lipinski definition) is 2. The molecule has 2 heterocycles. The first-order valence-corrected chi connectivity index (χ1v) is 15.9. The number of anilines is 1. The van der Waals surface area contributed by atoms with Crippen molar-refractivity contribution in [2.45, 2.75) is 84.2 Å². The molecule has 4 amide bonds. The molecule has 4 rings (SSSR count). The van der Waals surface area contributed by atoms with Crippen LogP contribution in [0.4, 0.5) is 5.69 Å². The highest BCUT2D eigenvalue weighted by Crippen LogP contribution is 2.28. The minimum Gasteiger partial charge on any atom is -0.339 e. The van der Waals surface area contributed by atoms with Gasteiger partial charge in [0.05, 0.1) is 0 Å². The van der Waals surface area contributed by atoms with Crippen LogP contribution < -0.4 is 10.6 Å². The first-order valence-electron chi connectivity index (χ1n) is 15.9. The van der Waals surface area contributed by atoms with E-state index >= 15 is 0 Å². The van der Waals surface area contributed by atoms with E-state index in [0.717, 1.165) is 50.8 Å². The summed E-state index contributed by atoms with van der Waals surface area (Å²) < 4.78 is 1.66. The largest absolute Gasteiger partial charge is 0.339 e. The topological polar surface area (TPSA) is 129 Å². The average molecular weight is 606 g/mol. The van der Waals surface area contributed by atoms with Crippen LogP contribution in [0.1, 0.15) is 94.2 Å². The van der Waals surface area contributed by atoms with E-state index in [9.17, 15) is 19.2 Å². The van der Waals surface area contributed by atoms with Gasteiger partial charge in [-0.15, -0.1) is 0 Å². The molecule has 1 aliphatic carbocycles. The number of amides is 4. The van der Waals surface area contributed by atoms with E-state index in [-0.39, 0.29) is 47.7 Å². The van der Waals surface area contributed by atoms with Crippen molar-refractivity contribution in [3.8, 4) is 0 Å². The summed E-state index contributed by atoms with van der Waals surface area (Å²) in [5.74, 6) is -1.49. The van der Waals surface area contributed by atoms with Crippen LogP contribution in [0, 0.1) is 5.92 Å². The van der Waals surface area contributed by atoms with Gasteiger partial charge in [0, 0.05) is 56.4 Å². The molecule has 0 spiro atoms. The molecule has 1 aromatic heterocycles. The molecule has 0 radical (unpaired) electrons. The molecule has 238 valence electrons. The lowest BCUT2D eigenvalue weighted by Crippen LogP contribution is -2.50. The monoisotopic (exact) mass is 605 g/mol. The molecule has 1 saturated heterocycles. The molecule has 2 fully saturated rings. The third kappa shape index (κ3) is 8.19. The van der Waals surface area contributed by atoms with Crippen molar-refractivity contribution in [2.24, 2.45) is 10.9 Å². The number of likely N-dealkylation sites (N-methyl/N-ethyl adjacent to an activating group) is 1. The van der Waals surface area contributed by atoms with Crippen LogP contribution in [0.5, 0.6) is 0 Å². The van der Waals surface area contributed by atoms with E-state index < -0.39 is 12.0 Å². The van der Waals surface area contributed by atoms with Crippen molar-refractivity contribution in [2.75, 3.05) is 38.5 Å². The predicted molar refractivity (Wildman–Crippen MR) is 171 cm³/mol. The minimum atomic E-state index is -0.683. The van der Waals surface area contributed by atoms with Gasteiger partial charge in [0.25, 0.3) is 11.8 Å². The summed E-state index contributed by atoms with van der Waals surface area (Å²) in [6.45, 7) is 10.2. The normalized spacial score (nSPS) is 18.1. The summed E-state index contributed by atoms with van der Waals surface area (Å²) in [4.78, 5) is 60.9. The number of carbonyl (C=O) groups excluding carboxylic acids is 4. The van der Waals surface area contributed by atoms with Crippen LogP contribution >= 0.6 is 0 Å². The zero-order valence-corrected chi connectivity index (χ0v) is 26.7. The molecule has 2 aromatic rings. The first-order chi connectivity index (χ1) is 21.1. The molecule has 1 aliphatic heterocycles. The molecule has 44 heavy (non-hydrogen) atoms. The molecule has 0 bridgehead atoms. The van der Waals surface area contributed by atoms with Crippen LogP contribution in [0.3, 0.4) is 0 Å². The lowest BCUT2D eigenvalue weighted by Gasteiger charge is -2.33. The number of nitrogens with zero attached hydrogens (tertiary/aromatic N) is 5. The van der Waals surface area contributed by atoms with Gasteiger partial charge in [0.15, 0.2) is 0 Å². The van der Waals surface area contributed by atoms with Crippen molar-refractivity contribution in [1.82, 2.24) is 24.9 Å². The van der Waals surface area contributed by atoms with Gasteiger partial charge in [-0.3, -0.25) is 23.9 Å². The Hall–Kier alpha value is -3.86. The maximum absolute atomic E-state index is 13.6. The fraction of sp³-hybridized carbons (Fsp3) is 0.576. The van der Waals surface area contributed by atoms with Gasteiger partial charge in [-0.1, -0.05) is 45.2 Å². The van der Waals surface area contributed by atoms with Crippen LogP contribution in [-0.2, 0) is 14.4 Å². The molecule has 2 atom stereocenters. The molecule has 0 unspecified atom stereocenters. The molecule has 11 heteroatoms. The lowest BCUT2D eigenvalue weighted by atomic mass is 9.83. The van der Waals surface area contributed by atoms with E-state index in [2.05, 4.69) is 25.6 Å². The molecular weight excluding hydrogens is 558 g/mol. The lowest BCUT2D eigenvalue weighted by molar-refractivity contribution is -0.126. The van der Waals surface area contributed by atoms with Crippen LogP contribution in [-0.4, -0.2) is 88.2 Å². The van der Waals surface area contributed by atoms with Crippen LogP contribution in [0.2, 0.25) is 0 Å². The third-order valence-electron chi connectivity index (χ3n) is 8.73. The van der Waals surface area contributed by atoms with E-state index in [1.807, 2.05) is 40.0 Å². The summed E-state index contributed by atoms with van der Waals surface area (Å²) in [6, 6.07) is 8.27. The zero-order chi connectivity index (χ0) is 31.8. The number of rotatable bonds is 10. The average Bonchev–Trinajstić information content (AvgIpc) is 3.54. The molecule has 2 aliphatic rings. The van der Waals surface area contributed by atoms with Gasteiger partial charge in [-0.05, 0) is 63.4 Å². The van der Waals surface area contributed by atoms with Gasteiger partial charge in [0.1, 0.15) is 17.4 Å². The van der Waals surface area contributed by atoms with Gasteiger partial charge in [-0.25, -0.2) is 4.99 Å². The van der Waals surface area contributed by atoms with Crippen molar-refractivity contribution in [1.29, 1.82) is 0 Å². The summed E-state index contributed by atoms with van der Waals surface area (Å²) in [6.07, 6.45) is 6.74. The summed E-state index contributed by atoms with van der Waals surface area (Å²) in [7, 11) is 2.02. The molecular formula is C33H47N7O4. The van der Waals surface area contributed by atoms with Gasteiger partial charge in [0.2, 0.25) is 11.8 Å².